The van der Waals surface area contributed by atoms with Crippen LogP contribution in [-0.4, -0.2) is 67.4 Å². The van der Waals surface area contributed by atoms with E-state index in [0.29, 0.717) is 12.2 Å². The van der Waals surface area contributed by atoms with Crippen LogP contribution in [-0.2, 0) is 4.74 Å². The molecule has 0 heterocycles. The largest absolute Gasteiger partial charge is 2.00 e. The van der Waals surface area contributed by atoms with E-state index in [1.165, 1.54) is 36.4 Å². The Bertz CT molecular complexity index is 910. The van der Waals surface area contributed by atoms with E-state index in [0.717, 1.165) is 12.8 Å². The SMILES string of the molecule is CCCCOC(=O)c1ccc(O)cc1.O=C([O-])c1ccccc1.O=C([O-])c1ccccc1.[Ca+2]. The van der Waals surface area contributed by atoms with Crippen LogP contribution in [0, 0.1) is 0 Å². The molecule has 3 rings (SSSR count). The van der Waals surface area contributed by atoms with Gasteiger partial charge in [0.25, 0.3) is 0 Å². The molecule has 0 unspecified atom stereocenters. The van der Waals surface area contributed by atoms with Gasteiger partial charge in [-0.2, -0.15) is 0 Å². The predicted octanol–water partition coefficient (Wildman–Crippen LogP) is 2.07. The fourth-order valence-electron chi connectivity index (χ4n) is 2.14. The number of ether oxygens (including phenoxy) is 1. The van der Waals surface area contributed by atoms with E-state index in [9.17, 15) is 24.6 Å². The number of benzene rings is 3. The molecule has 7 nitrogen and oxygen atoms in total. The predicted molar refractivity (Wildman–Crippen MR) is 121 cm³/mol. The second-order valence-electron chi connectivity index (χ2n) is 6.34. The van der Waals surface area contributed by atoms with Crippen LogP contribution in [0.4, 0.5) is 0 Å². The van der Waals surface area contributed by atoms with E-state index in [2.05, 4.69) is 0 Å². The number of carboxylic acid groups (broad SMARTS) is 2. The molecule has 0 radical (unpaired) electrons. The molecular weight excluding hydrogens is 452 g/mol. The molecule has 0 fully saturated rings. The summed E-state index contributed by atoms with van der Waals surface area (Å²) < 4.78 is 4.99. The summed E-state index contributed by atoms with van der Waals surface area (Å²) in [5, 5.41) is 29.2. The van der Waals surface area contributed by atoms with Gasteiger partial charge in [0.15, 0.2) is 0 Å². The maximum Gasteiger partial charge on any atom is 2.00 e. The minimum absolute atomic E-state index is 0. The molecule has 8 heteroatoms. The quantitative estimate of drug-likeness (QED) is 0.328. The third kappa shape index (κ3) is 13.3. The monoisotopic (exact) mass is 476 g/mol. The van der Waals surface area contributed by atoms with Crippen molar-refractivity contribution in [2.45, 2.75) is 19.8 Å². The number of unbranched alkanes of at least 4 members (excludes halogenated alkanes) is 1. The van der Waals surface area contributed by atoms with E-state index in [1.54, 1.807) is 48.5 Å². The molecule has 0 aromatic heterocycles. The number of aromatic hydroxyl groups is 1. The standard InChI is InChI=1S/C11H14O3.2C7H6O2.Ca/c1-2-3-8-14-11(13)9-4-6-10(12)7-5-9;2*8-7(9)6-4-2-1-3-5-6;/h4-7,12H,2-3,8H2,1H3;2*1-5H,(H,8,9);/q;;;+2/p-2. The van der Waals surface area contributed by atoms with Gasteiger partial charge in [-0.3, -0.25) is 0 Å². The Morgan fingerprint density at radius 1 is 0.727 bits per heavy atom. The summed E-state index contributed by atoms with van der Waals surface area (Å²) in [4.78, 5) is 31.5. The van der Waals surface area contributed by atoms with E-state index in [4.69, 9.17) is 9.84 Å². The zero-order valence-corrected chi connectivity index (χ0v) is 20.5. The molecule has 0 spiro atoms. The molecule has 0 amide bonds. The Hall–Kier alpha value is -2.87. The van der Waals surface area contributed by atoms with Gasteiger partial charge in [0, 0.05) is 0 Å². The van der Waals surface area contributed by atoms with Crippen molar-refractivity contribution >= 4 is 55.6 Å². The van der Waals surface area contributed by atoms with E-state index in [1.807, 2.05) is 6.92 Å². The minimum atomic E-state index is -1.13. The molecule has 0 atom stereocenters. The molecule has 3 aromatic rings. The van der Waals surface area contributed by atoms with Crippen molar-refractivity contribution in [2.24, 2.45) is 0 Å². The first-order valence-electron chi connectivity index (χ1n) is 9.84. The van der Waals surface area contributed by atoms with Crippen LogP contribution >= 0.6 is 0 Å². The van der Waals surface area contributed by atoms with Crippen molar-refractivity contribution in [2.75, 3.05) is 6.61 Å². The second kappa shape index (κ2) is 17.7. The Morgan fingerprint density at radius 3 is 1.48 bits per heavy atom. The Kier molecular flexibility index (Phi) is 16.1. The molecule has 0 aliphatic heterocycles. The topological polar surface area (TPSA) is 127 Å². The Morgan fingerprint density at radius 2 is 1.15 bits per heavy atom. The number of phenolic OH excluding ortho intramolecular Hbond substituents is 1. The average Bonchev–Trinajstić information content (AvgIpc) is 2.81. The number of carboxylic acids is 2. The maximum atomic E-state index is 11.3. The second-order valence-corrected chi connectivity index (χ2v) is 6.34. The number of phenols is 1. The summed E-state index contributed by atoms with van der Waals surface area (Å²) in [6.45, 7) is 2.49. The van der Waals surface area contributed by atoms with Gasteiger partial charge in [0.1, 0.15) is 5.75 Å². The summed E-state index contributed by atoms with van der Waals surface area (Å²) in [6.07, 6.45) is 1.88. The summed E-state index contributed by atoms with van der Waals surface area (Å²) >= 11 is 0. The molecule has 0 saturated heterocycles. The smallest absolute Gasteiger partial charge is 0.545 e. The van der Waals surface area contributed by atoms with Crippen LogP contribution < -0.4 is 10.2 Å². The molecule has 1 N–H and O–H groups in total. The number of rotatable bonds is 6. The fraction of sp³-hybridized carbons (Fsp3) is 0.160. The summed E-state index contributed by atoms with van der Waals surface area (Å²) in [5.41, 5.74) is 0.911. The molecule has 0 aliphatic rings. The van der Waals surface area contributed by atoms with Gasteiger partial charge in [0.2, 0.25) is 0 Å². The van der Waals surface area contributed by atoms with Crippen molar-refractivity contribution in [1.82, 2.24) is 0 Å². The fourth-order valence-corrected chi connectivity index (χ4v) is 2.14. The minimum Gasteiger partial charge on any atom is -0.545 e. The van der Waals surface area contributed by atoms with Crippen molar-refractivity contribution in [3.05, 3.63) is 102 Å². The van der Waals surface area contributed by atoms with Crippen molar-refractivity contribution in [3.8, 4) is 5.75 Å². The third-order valence-electron chi connectivity index (χ3n) is 3.85. The molecular formula is C25H24CaO7. The van der Waals surface area contributed by atoms with Gasteiger partial charge in [0.05, 0.1) is 24.1 Å². The number of carbonyl (C=O) groups is 3. The summed E-state index contributed by atoms with van der Waals surface area (Å²) in [7, 11) is 0. The number of hydrogen-bond donors (Lipinski definition) is 1. The van der Waals surface area contributed by atoms with Crippen LogP contribution in [0.2, 0.25) is 0 Å². The Balaban J connectivity index is 0.000000476. The van der Waals surface area contributed by atoms with Crippen LogP contribution in [0.15, 0.2) is 84.9 Å². The van der Waals surface area contributed by atoms with Crippen molar-refractivity contribution in [1.29, 1.82) is 0 Å². The molecule has 0 aliphatic carbocycles. The van der Waals surface area contributed by atoms with E-state index >= 15 is 0 Å². The van der Waals surface area contributed by atoms with Crippen LogP contribution in [0.1, 0.15) is 50.8 Å². The van der Waals surface area contributed by atoms with Gasteiger partial charge in [-0.15, -0.1) is 0 Å². The zero-order chi connectivity index (χ0) is 23.8. The van der Waals surface area contributed by atoms with E-state index < -0.39 is 11.9 Å². The number of hydrogen-bond acceptors (Lipinski definition) is 7. The van der Waals surface area contributed by atoms with Crippen LogP contribution in [0.5, 0.6) is 5.75 Å². The molecule has 0 bridgehead atoms. The number of esters is 1. The number of aromatic carboxylic acids is 2. The van der Waals surface area contributed by atoms with Gasteiger partial charge in [-0.1, -0.05) is 74.0 Å². The van der Waals surface area contributed by atoms with Gasteiger partial charge >= 0.3 is 43.7 Å². The summed E-state index contributed by atoms with van der Waals surface area (Å²) in [6, 6.07) is 22.2. The zero-order valence-electron chi connectivity index (χ0n) is 18.3. The first-order valence-corrected chi connectivity index (χ1v) is 9.84. The maximum absolute atomic E-state index is 11.3. The molecule has 168 valence electrons. The van der Waals surface area contributed by atoms with Crippen LogP contribution in [0.25, 0.3) is 0 Å². The van der Waals surface area contributed by atoms with Crippen molar-refractivity contribution < 1.29 is 34.4 Å². The average molecular weight is 477 g/mol. The molecule has 3 aromatic carbocycles. The molecule has 33 heavy (non-hydrogen) atoms. The van der Waals surface area contributed by atoms with E-state index in [-0.39, 0.29) is 60.6 Å². The van der Waals surface area contributed by atoms with Gasteiger partial charge in [-0.05, 0) is 41.8 Å². The normalized spacial score (nSPS) is 9.00. The first-order chi connectivity index (χ1) is 15.3. The number of carbonyl (C=O) groups excluding carboxylic acids is 3. The third-order valence-corrected chi connectivity index (χ3v) is 3.85. The van der Waals surface area contributed by atoms with Gasteiger partial charge < -0.3 is 29.6 Å². The Labute approximate surface area is 222 Å². The first kappa shape index (κ1) is 30.1. The van der Waals surface area contributed by atoms with Crippen molar-refractivity contribution in [3.63, 3.8) is 0 Å². The van der Waals surface area contributed by atoms with Gasteiger partial charge in [-0.25, -0.2) is 4.79 Å². The summed E-state index contributed by atoms with van der Waals surface area (Å²) in [5.74, 6) is -2.44. The molecule has 0 saturated carbocycles. The van der Waals surface area contributed by atoms with Crippen LogP contribution in [0.3, 0.4) is 0 Å².